The smallest absolute Gasteiger partial charge is 0.188 e. The highest BCUT2D eigenvalue weighted by atomic mass is 15.0. The SMILES string of the molecule is [C-]#[N+]c1ccc2c(c1)c1cc(-n3c4ccccc4c4ccccc43)cc3c4cc(-n5c6ccccc6c6ccccc65)ccc4n2c13. The molecule has 0 spiro atoms. The molecule has 0 aliphatic carbocycles. The molecule has 4 aromatic heterocycles. The Morgan fingerprint density at radius 1 is 0.362 bits per heavy atom. The van der Waals surface area contributed by atoms with E-state index in [1.807, 2.05) is 6.07 Å². The summed E-state index contributed by atoms with van der Waals surface area (Å²) in [6.45, 7) is 7.76. The van der Waals surface area contributed by atoms with Gasteiger partial charge in [-0.15, -0.1) is 0 Å². The summed E-state index contributed by atoms with van der Waals surface area (Å²) in [7, 11) is 0. The predicted molar refractivity (Wildman–Crippen MR) is 196 cm³/mol. The summed E-state index contributed by atoms with van der Waals surface area (Å²) >= 11 is 0. The van der Waals surface area contributed by atoms with Gasteiger partial charge in [0.2, 0.25) is 0 Å². The second-order valence-corrected chi connectivity index (χ2v) is 12.5. The summed E-state index contributed by atoms with van der Waals surface area (Å²) in [6.07, 6.45) is 0. The number of rotatable bonds is 2. The normalized spacial score (nSPS) is 12.2. The third kappa shape index (κ3) is 3.10. The fourth-order valence-electron chi connectivity index (χ4n) is 8.25. The highest BCUT2D eigenvalue weighted by Gasteiger charge is 2.22. The molecule has 11 aromatic rings. The minimum absolute atomic E-state index is 0.655. The molecular formula is C43H24N4. The van der Waals surface area contributed by atoms with E-state index in [4.69, 9.17) is 6.57 Å². The van der Waals surface area contributed by atoms with Gasteiger partial charge >= 0.3 is 0 Å². The molecule has 0 saturated carbocycles. The van der Waals surface area contributed by atoms with E-state index in [0.717, 1.165) is 27.7 Å². The summed E-state index contributed by atoms with van der Waals surface area (Å²) in [6, 6.07) is 52.4. The van der Waals surface area contributed by atoms with E-state index in [-0.39, 0.29) is 0 Å². The van der Waals surface area contributed by atoms with Crippen molar-refractivity contribution in [2.45, 2.75) is 0 Å². The third-order valence-corrected chi connectivity index (χ3v) is 10.1. The molecule has 216 valence electrons. The van der Waals surface area contributed by atoms with Crippen molar-refractivity contribution in [1.82, 2.24) is 13.5 Å². The summed E-state index contributed by atoms with van der Waals surface area (Å²) in [4.78, 5) is 3.80. The lowest BCUT2D eigenvalue weighted by Crippen LogP contribution is -1.94. The van der Waals surface area contributed by atoms with E-state index in [1.54, 1.807) is 0 Å². The van der Waals surface area contributed by atoms with Crippen LogP contribution in [-0.2, 0) is 0 Å². The van der Waals surface area contributed by atoms with Gasteiger partial charge in [0.25, 0.3) is 0 Å². The van der Waals surface area contributed by atoms with Crippen molar-refractivity contribution >= 4 is 87.4 Å². The van der Waals surface area contributed by atoms with E-state index in [0.29, 0.717) is 5.69 Å². The van der Waals surface area contributed by atoms with Crippen LogP contribution in [0.5, 0.6) is 0 Å². The lowest BCUT2D eigenvalue weighted by Gasteiger charge is -2.10. The highest BCUT2D eigenvalue weighted by molar-refractivity contribution is 6.25. The summed E-state index contributed by atoms with van der Waals surface area (Å²) in [5.41, 5.74) is 11.2. The van der Waals surface area contributed by atoms with Gasteiger partial charge < -0.3 is 13.5 Å². The van der Waals surface area contributed by atoms with Crippen LogP contribution in [0.2, 0.25) is 0 Å². The Morgan fingerprint density at radius 2 is 0.787 bits per heavy atom. The average Bonchev–Trinajstić information content (AvgIpc) is 3.85. The van der Waals surface area contributed by atoms with E-state index in [9.17, 15) is 0 Å². The number of para-hydroxylation sites is 4. The lowest BCUT2D eigenvalue weighted by molar-refractivity contribution is 1.18. The van der Waals surface area contributed by atoms with Crippen molar-refractivity contribution in [3.05, 3.63) is 157 Å². The van der Waals surface area contributed by atoms with Gasteiger partial charge in [-0.25, -0.2) is 4.85 Å². The highest BCUT2D eigenvalue weighted by Crippen LogP contribution is 2.44. The van der Waals surface area contributed by atoms with Crippen LogP contribution in [0, 0.1) is 6.57 Å². The molecule has 0 atom stereocenters. The first-order valence-corrected chi connectivity index (χ1v) is 15.9. The topological polar surface area (TPSA) is 18.6 Å². The summed E-state index contributed by atoms with van der Waals surface area (Å²) in [5.74, 6) is 0. The van der Waals surface area contributed by atoms with Gasteiger partial charge in [0.05, 0.1) is 45.2 Å². The molecule has 0 N–H and O–H groups in total. The number of aromatic nitrogens is 3. The Balaban J connectivity index is 1.30. The van der Waals surface area contributed by atoms with Crippen molar-refractivity contribution in [2.24, 2.45) is 0 Å². The molecule has 4 heteroatoms. The minimum Gasteiger partial charge on any atom is -0.309 e. The molecular weight excluding hydrogens is 573 g/mol. The van der Waals surface area contributed by atoms with Crippen LogP contribution < -0.4 is 0 Å². The Morgan fingerprint density at radius 3 is 1.30 bits per heavy atom. The molecule has 11 rings (SSSR count). The number of hydrogen-bond donors (Lipinski definition) is 0. The zero-order valence-corrected chi connectivity index (χ0v) is 25.1. The summed E-state index contributed by atoms with van der Waals surface area (Å²) in [5, 5.41) is 9.68. The van der Waals surface area contributed by atoms with Crippen molar-refractivity contribution in [2.75, 3.05) is 0 Å². The van der Waals surface area contributed by atoms with E-state index in [1.165, 1.54) is 65.4 Å². The zero-order valence-electron chi connectivity index (χ0n) is 25.1. The van der Waals surface area contributed by atoms with Gasteiger partial charge in [-0.2, -0.15) is 0 Å². The lowest BCUT2D eigenvalue weighted by atomic mass is 10.1. The fraction of sp³-hybridized carbons (Fsp3) is 0. The first-order chi connectivity index (χ1) is 23.3. The van der Waals surface area contributed by atoms with Crippen molar-refractivity contribution in [3.8, 4) is 11.4 Å². The predicted octanol–water partition coefficient (Wildman–Crippen LogP) is 11.6. The van der Waals surface area contributed by atoms with Gasteiger partial charge in [-0.05, 0) is 72.1 Å². The molecule has 4 nitrogen and oxygen atoms in total. The van der Waals surface area contributed by atoms with Crippen LogP contribution in [0.25, 0.3) is 97.9 Å². The number of benzene rings is 7. The first kappa shape index (κ1) is 24.7. The summed E-state index contributed by atoms with van der Waals surface area (Å²) < 4.78 is 7.19. The van der Waals surface area contributed by atoms with Gasteiger partial charge in [0.1, 0.15) is 0 Å². The zero-order chi connectivity index (χ0) is 30.8. The van der Waals surface area contributed by atoms with Gasteiger partial charge in [-0.1, -0.05) is 78.9 Å². The Bertz CT molecular complexity index is 3040. The number of fused-ring (bicyclic) bond motifs is 12. The molecule has 0 bridgehead atoms. The monoisotopic (exact) mass is 596 g/mol. The standard InChI is InChI=1S/C43H24N4/c1-44-26-18-20-41-33(22-26)35-24-28(46-39-16-8-4-12-31(39)32-13-5-9-17-40(32)46)25-36-34-23-27(19-21-42(34)47(41)43(35)36)45-37-14-6-2-10-29(37)30-11-3-7-15-38(30)45/h2-25H. The van der Waals surface area contributed by atoms with Gasteiger partial charge in [0.15, 0.2) is 5.69 Å². The van der Waals surface area contributed by atoms with Crippen molar-refractivity contribution < 1.29 is 0 Å². The van der Waals surface area contributed by atoms with Gasteiger partial charge in [-0.3, -0.25) is 0 Å². The molecule has 0 aliphatic rings. The maximum absolute atomic E-state index is 7.76. The van der Waals surface area contributed by atoms with E-state index < -0.39 is 0 Å². The number of nitrogens with zero attached hydrogens (tertiary/aromatic N) is 4. The van der Waals surface area contributed by atoms with Crippen molar-refractivity contribution in [3.63, 3.8) is 0 Å². The molecule has 47 heavy (non-hydrogen) atoms. The average molecular weight is 597 g/mol. The molecule has 0 saturated heterocycles. The molecule has 0 amide bonds. The van der Waals surface area contributed by atoms with Crippen molar-refractivity contribution in [1.29, 1.82) is 0 Å². The van der Waals surface area contributed by atoms with Crippen LogP contribution in [0.3, 0.4) is 0 Å². The quantitative estimate of drug-likeness (QED) is 0.177. The van der Waals surface area contributed by atoms with E-state index in [2.05, 4.69) is 158 Å². The third-order valence-electron chi connectivity index (χ3n) is 10.1. The molecule has 4 heterocycles. The molecule has 0 fully saturated rings. The van der Waals surface area contributed by atoms with E-state index >= 15 is 0 Å². The molecule has 0 radical (unpaired) electrons. The first-order valence-electron chi connectivity index (χ1n) is 15.9. The van der Waals surface area contributed by atoms with Crippen LogP contribution in [0.4, 0.5) is 5.69 Å². The Labute approximate surface area is 268 Å². The largest absolute Gasteiger partial charge is 0.309 e. The van der Waals surface area contributed by atoms with Gasteiger partial charge in [0, 0.05) is 49.1 Å². The molecule has 0 unspecified atom stereocenters. The van der Waals surface area contributed by atoms with Crippen LogP contribution >= 0.6 is 0 Å². The molecule has 7 aromatic carbocycles. The maximum Gasteiger partial charge on any atom is 0.188 e. The number of hydrogen-bond acceptors (Lipinski definition) is 0. The Hall–Kier alpha value is -6.57. The minimum atomic E-state index is 0.655. The molecule has 0 aliphatic heterocycles. The second kappa shape index (κ2) is 8.78. The van der Waals surface area contributed by atoms with Crippen LogP contribution in [-0.4, -0.2) is 13.5 Å². The van der Waals surface area contributed by atoms with Crippen LogP contribution in [0.15, 0.2) is 146 Å². The van der Waals surface area contributed by atoms with Crippen LogP contribution in [0.1, 0.15) is 0 Å². The fourth-order valence-corrected chi connectivity index (χ4v) is 8.25. The Kier molecular flexibility index (Phi) is 4.62. The second-order valence-electron chi connectivity index (χ2n) is 12.5. The maximum atomic E-state index is 7.76.